The largest absolute Gasteiger partial charge is 4.00 e. The quantitative estimate of drug-likeness (QED) is 0.373. The minimum Gasteiger partial charge on any atom is -0.545 e. The minimum absolute atomic E-state index is 0. The van der Waals surface area contributed by atoms with Gasteiger partial charge in [-0.3, -0.25) is 0 Å². The Morgan fingerprint density at radius 1 is 0.682 bits per heavy atom. The standard InChI is InChI=1S/3C4H6O2.C3H7.Ti/c3*1-3(2)4(5)6;1-3-2;/h3*1H2,2H3,(H,5,6);3H,1-2H3;/q;;;-1;+4/p-3. The molecule has 0 spiro atoms. The number of carboxylic acids is 3. The monoisotopic (exact) mass is 346 g/mol. The van der Waals surface area contributed by atoms with E-state index in [0.717, 1.165) is 0 Å². The summed E-state index contributed by atoms with van der Waals surface area (Å²) >= 11 is 0. The first-order chi connectivity index (χ1) is 9.34. The normalized spacial score (nSPS) is 6.95. The predicted molar refractivity (Wildman–Crippen MR) is 75.1 cm³/mol. The van der Waals surface area contributed by atoms with E-state index in [4.69, 9.17) is 0 Å². The van der Waals surface area contributed by atoms with Crippen LogP contribution in [0.3, 0.4) is 0 Å². The van der Waals surface area contributed by atoms with Crippen LogP contribution >= 0.6 is 0 Å². The third-order valence-electron chi connectivity index (χ3n) is 1.05. The average Bonchev–Trinajstić information content (AvgIpc) is 2.30. The second-order valence-corrected chi connectivity index (χ2v) is 3.78. The van der Waals surface area contributed by atoms with Gasteiger partial charge in [-0.2, -0.15) is 13.8 Å². The fourth-order valence-electron chi connectivity index (χ4n) is 0. The van der Waals surface area contributed by atoms with Gasteiger partial charge in [-0.05, 0) is 37.5 Å². The average molecular weight is 346 g/mol. The van der Waals surface area contributed by atoms with Gasteiger partial charge in [-0.1, -0.05) is 19.7 Å². The Morgan fingerprint density at radius 2 is 0.727 bits per heavy atom. The van der Waals surface area contributed by atoms with Gasteiger partial charge in [0.15, 0.2) is 0 Å². The molecule has 0 aliphatic carbocycles. The van der Waals surface area contributed by atoms with Gasteiger partial charge in [0.2, 0.25) is 0 Å². The number of rotatable bonds is 3. The summed E-state index contributed by atoms with van der Waals surface area (Å²) in [6.07, 6.45) is 2.00. The number of carbonyl (C=O) groups excluding carboxylic acids is 3. The van der Waals surface area contributed by atoms with Crippen LogP contribution in [-0.2, 0) is 36.1 Å². The maximum atomic E-state index is 9.49. The van der Waals surface area contributed by atoms with Crippen LogP contribution in [0.2, 0.25) is 0 Å². The molecule has 0 saturated carbocycles. The van der Waals surface area contributed by atoms with E-state index in [1.54, 1.807) is 0 Å². The Kier molecular flexibility index (Phi) is 31.8. The van der Waals surface area contributed by atoms with E-state index in [1.165, 1.54) is 20.8 Å². The van der Waals surface area contributed by atoms with Gasteiger partial charge in [-0.15, -0.1) is 0 Å². The van der Waals surface area contributed by atoms with Crippen molar-refractivity contribution in [2.45, 2.75) is 34.6 Å². The van der Waals surface area contributed by atoms with Gasteiger partial charge in [0.25, 0.3) is 0 Å². The number of carbonyl (C=O) groups is 3. The molecule has 0 unspecified atom stereocenters. The van der Waals surface area contributed by atoms with Crippen molar-refractivity contribution in [2.75, 3.05) is 0 Å². The first-order valence-corrected chi connectivity index (χ1v) is 5.69. The van der Waals surface area contributed by atoms with E-state index < -0.39 is 17.9 Å². The molecule has 0 rings (SSSR count). The Morgan fingerprint density at radius 3 is 0.727 bits per heavy atom. The molecule has 0 N–H and O–H groups in total. The van der Waals surface area contributed by atoms with Crippen LogP contribution in [0.4, 0.5) is 0 Å². The smallest absolute Gasteiger partial charge is 0.545 e. The van der Waals surface area contributed by atoms with Crippen molar-refractivity contribution < 1.29 is 51.4 Å². The van der Waals surface area contributed by atoms with E-state index in [0.29, 0.717) is 0 Å². The fourth-order valence-corrected chi connectivity index (χ4v) is 0. The molecule has 0 bridgehead atoms. The summed E-state index contributed by atoms with van der Waals surface area (Å²) in [6.45, 7) is 17.4. The van der Waals surface area contributed by atoms with Crippen LogP contribution in [-0.4, -0.2) is 17.9 Å². The van der Waals surface area contributed by atoms with Crippen molar-refractivity contribution in [3.8, 4) is 0 Å². The molecule has 6 nitrogen and oxygen atoms in total. The van der Waals surface area contributed by atoms with Crippen molar-refractivity contribution >= 4 is 17.9 Å². The topological polar surface area (TPSA) is 120 Å². The van der Waals surface area contributed by atoms with Gasteiger partial charge < -0.3 is 36.1 Å². The number of carboxylic acid groups (broad SMARTS) is 3. The molecule has 0 atom stereocenters. The zero-order valence-corrected chi connectivity index (χ0v) is 15.2. The number of aliphatic carboxylic acids is 3. The fraction of sp³-hybridized carbons (Fsp3) is 0.333. The van der Waals surface area contributed by atoms with Crippen molar-refractivity contribution in [1.29, 1.82) is 0 Å². The van der Waals surface area contributed by atoms with Gasteiger partial charge in [0, 0.05) is 0 Å². The summed E-state index contributed by atoms with van der Waals surface area (Å²) in [5, 5.41) is 28.5. The zero-order valence-electron chi connectivity index (χ0n) is 13.6. The molecule has 0 aromatic heterocycles. The summed E-state index contributed by atoms with van der Waals surface area (Å²) in [5.74, 6) is -3.56. The third-order valence-corrected chi connectivity index (χ3v) is 1.05. The van der Waals surface area contributed by atoms with Crippen molar-refractivity contribution in [3.63, 3.8) is 0 Å². The van der Waals surface area contributed by atoms with Crippen LogP contribution in [0.25, 0.3) is 0 Å². The first-order valence-electron chi connectivity index (χ1n) is 5.69. The van der Waals surface area contributed by atoms with Crippen LogP contribution in [0, 0.1) is 6.42 Å². The number of hydrogen-bond acceptors (Lipinski definition) is 6. The van der Waals surface area contributed by atoms with E-state index in [2.05, 4.69) is 19.7 Å². The van der Waals surface area contributed by atoms with Crippen molar-refractivity contribution in [1.82, 2.24) is 0 Å². The Balaban J connectivity index is -0.0000000591. The predicted octanol–water partition coefficient (Wildman–Crippen LogP) is -0.835. The molecular weight excluding hydrogens is 324 g/mol. The van der Waals surface area contributed by atoms with Crippen LogP contribution < -0.4 is 15.3 Å². The molecule has 0 heterocycles. The van der Waals surface area contributed by atoms with Crippen LogP contribution in [0.1, 0.15) is 34.6 Å². The van der Waals surface area contributed by atoms with Gasteiger partial charge in [-0.25, -0.2) is 0 Å². The number of hydrogen-bond donors (Lipinski definition) is 0. The molecule has 0 aliphatic rings. The van der Waals surface area contributed by atoms with Crippen LogP contribution in [0.15, 0.2) is 36.5 Å². The van der Waals surface area contributed by atoms with E-state index >= 15 is 0 Å². The molecule has 22 heavy (non-hydrogen) atoms. The molecule has 122 valence electrons. The molecule has 0 fully saturated rings. The molecule has 7 heteroatoms. The van der Waals surface area contributed by atoms with E-state index in [1.807, 2.05) is 20.3 Å². The van der Waals surface area contributed by atoms with E-state index in [-0.39, 0.29) is 38.4 Å². The first kappa shape index (κ1) is 32.3. The van der Waals surface area contributed by atoms with Crippen LogP contribution in [0.5, 0.6) is 0 Å². The van der Waals surface area contributed by atoms with Crippen molar-refractivity contribution in [2.24, 2.45) is 0 Å². The van der Waals surface area contributed by atoms with Gasteiger partial charge in [0.1, 0.15) is 0 Å². The Hall–Kier alpha value is -1.66. The summed E-state index contributed by atoms with van der Waals surface area (Å²) < 4.78 is 0. The Bertz CT molecular complexity index is 292. The minimum atomic E-state index is -1.19. The molecule has 0 radical (unpaired) electrons. The Labute approximate surface area is 147 Å². The molecular formula is C15H22O6Ti. The maximum absolute atomic E-state index is 9.49. The molecule has 0 amide bonds. The zero-order chi connectivity index (χ0) is 18.2. The second kappa shape index (κ2) is 21.6. The molecule has 0 aromatic rings. The summed E-state index contributed by atoms with van der Waals surface area (Å²) in [7, 11) is 0. The third kappa shape index (κ3) is 51.6. The summed E-state index contributed by atoms with van der Waals surface area (Å²) in [5.41, 5.74) is 0.194. The van der Waals surface area contributed by atoms with Gasteiger partial charge in [0.05, 0.1) is 17.9 Å². The summed E-state index contributed by atoms with van der Waals surface area (Å²) in [4.78, 5) is 28.5. The maximum Gasteiger partial charge on any atom is 4.00 e. The molecule has 0 saturated heterocycles. The molecule has 0 aliphatic heterocycles. The molecule has 0 aromatic carbocycles. The SMILES string of the molecule is C=C(C)C(=O)[O-].C=C(C)C(=O)[O-].C=C(C)C(=O)[O-].C[CH-]C.[Ti+4]. The van der Waals surface area contributed by atoms with Crippen molar-refractivity contribution in [3.05, 3.63) is 42.9 Å². The van der Waals surface area contributed by atoms with Gasteiger partial charge >= 0.3 is 21.7 Å². The second-order valence-electron chi connectivity index (χ2n) is 3.78. The van der Waals surface area contributed by atoms with E-state index in [9.17, 15) is 29.7 Å². The summed E-state index contributed by atoms with van der Waals surface area (Å²) in [6, 6.07) is 0.